The Bertz CT molecular complexity index is 3240. The number of piperidine rings is 1. The molecule has 1 saturated heterocycles. The third kappa shape index (κ3) is 9.09. The fourth-order valence-electron chi connectivity index (χ4n) is 9.65. The van der Waals surface area contributed by atoms with Crippen LogP contribution >= 0.6 is 0 Å². The van der Waals surface area contributed by atoms with Crippen LogP contribution in [0.2, 0.25) is 0 Å². The first-order valence-corrected chi connectivity index (χ1v) is 23.4. The summed E-state index contributed by atoms with van der Waals surface area (Å²) in [6.07, 6.45) is 2.93. The number of nitriles is 2. The molecule has 3 aliphatic rings. The number of carbonyl (C=O) groups excluding carboxylic acids is 5. The van der Waals surface area contributed by atoms with Crippen molar-refractivity contribution in [2.75, 3.05) is 7.05 Å². The highest BCUT2D eigenvalue weighted by Crippen LogP contribution is 2.40. The average molecular weight is 941 g/mol. The Labute approximate surface area is 409 Å². The van der Waals surface area contributed by atoms with E-state index in [0.29, 0.717) is 68.3 Å². The zero-order valence-electron chi connectivity index (χ0n) is 42.1. The van der Waals surface area contributed by atoms with E-state index in [-0.39, 0.29) is 28.8 Å². The highest BCUT2D eigenvalue weighted by atomic mass is 16.5. The van der Waals surface area contributed by atoms with Gasteiger partial charge in [0.2, 0.25) is 0 Å². The minimum Gasteiger partial charge on any atom is -0.462 e. The molecule has 1 fully saturated rings. The maximum absolute atomic E-state index is 12.7. The molecular formula is C57H60N6O7. The number of benzene rings is 5. The van der Waals surface area contributed by atoms with Crippen molar-refractivity contribution in [3.8, 4) is 12.1 Å². The highest BCUT2D eigenvalue weighted by Gasteiger charge is 2.47. The van der Waals surface area contributed by atoms with Crippen LogP contribution in [0, 0.1) is 34.6 Å². The largest absolute Gasteiger partial charge is 0.462 e. The molecule has 0 aliphatic carbocycles. The van der Waals surface area contributed by atoms with Crippen LogP contribution in [-0.2, 0) is 9.53 Å². The van der Waals surface area contributed by atoms with Crippen molar-refractivity contribution >= 4 is 73.2 Å². The highest BCUT2D eigenvalue weighted by molar-refractivity contribution is 6.33. The lowest BCUT2D eigenvalue weighted by molar-refractivity contribution is -0.260. The fraction of sp³-hybridized carbons (Fsp3) is 0.368. The van der Waals surface area contributed by atoms with Crippen LogP contribution in [0.3, 0.4) is 0 Å². The van der Waals surface area contributed by atoms with E-state index in [9.17, 15) is 39.7 Å². The minimum absolute atomic E-state index is 0.0821. The molecule has 4 amide bonds. The number of amides is 4. The number of fused-ring (bicyclic) bond motifs is 2. The Balaban J connectivity index is 0.000000175. The van der Waals surface area contributed by atoms with Gasteiger partial charge >= 0.3 is 5.97 Å². The second kappa shape index (κ2) is 19.5. The van der Waals surface area contributed by atoms with Crippen LogP contribution in [0.5, 0.6) is 0 Å². The first-order valence-electron chi connectivity index (χ1n) is 23.4. The molecule has 0 aromatic heterocycles. The zero-order chi connectivity index (χ0) is 51.9. The quantitative estimate of drug-likeness (QED) is 0.0746. The monoisotopic (exact) mass is 940 g/mol. The summed E-state index contributed by atoms with van der Waals surface area (Å²) in [5, 5.41) is 36.6. The third-order valence-corrected chi connectivity index (χ3v) is 14.0. The molecule has 5 aromatic rings. The number of imide groups is 2. The first kappa shape index (κ1) is 51.9. The molecule has 13 nitrogen and oxygen atoms in total. The molecule has 360 valence electrons. The summed E-state index contributed by atoms with van der Waals surface area (Å²) in [7, 11) is 1.41. The number of nitrogens with zero attached hydrogens (tertiary/aromatic N) is 6. The first-order chi connectivity index (χ1) is 32.8. The minimum atomic E-state index is -0.498. The van der Waals surface area contributed by atoms with Crippen LogP contribution in [0.4, 0.5) is 0 Å². The van der Waals surface area contributed by atoms with Gasteiger partial charge in [-0.2, -0.15) is 10.3 Å². The number of allylic oxidation sites excluding steroid dienone is 1. The van der Waals surface area contributed by atoms with Gasteiger partial charge in [0.15, 0.2) is 0 Å². The number of ether oxygens (including phenoxy) is 1. The van der Waals surface area contributed by atoms with E-state index < -0.39 is 29.0 Å². The van der Waals surface area contributed by atoms with Crippen molar-refractivity contribution in [2.24, 2.45) is 5.41 Å². The molecule has 0 spiro atoms. The lowest BCUT2D eigenvalue weighted by Gasteiger charge is -2.51. The molecule has 70 heavy (non-hydrogen) atoms. The Kier molecular flexibility index (Phi) is 14.4. The van der Waals surface area contributed by atoms with Crippen molar-refractivity contribution in [1.29, 1.82) is 10.5 Å². The number of carbonyl (C=O) groups is 5. The summed E-state index contributed by atoms with van der Waals surface area (Å²) in [4.78, 5) is 67.8. The predicted octanol–water partition coefficient (Wildman–Crippen LogP) is 10.3. The zero-order valence-corrected chi connectivity index (χ0v) is 42.1. The Hall–Kier alpha value is -7.50. The summed E-state index contributed by atoms with van der Waals surface area (Å²) in [5.41, 5.74) is 2.20. The molecule has 1 unspecified atom stereocenters. The van der Waals surface area contributed by atoms with E-state index in [1.165, 1.54) is 41.9 Å². The van der Waals surface area contributed by atoms with Gasteiger partial charge in [-0.1, -0.05) is 69.8 Å². The van der Waals surface area contributed by atoms with Crippen LogP contribution in [0.15, 0.2) is 79.0 Å². The summed E-state index contributed by atoms with van der Waals surface area (Å²) >= 11 is 0. The second-order valence-electron chi connectivity index (χ2n) is 20.3. The van der Waals surface area contributed by atoms with Gasteiger partial charge in [-0.25, -0.2) is 15.0 Å². The average Bonchev–Trinajstić information content (AvgIpc) is 3.33. The molecular weight excluding hydrogens is 881 g/mol. The Morgan fingerprint density at radius 2 is 1.29 bits per heavy atom. The molecule has 0 radical (unpaired) electrons. The van der Waals surface area contributed by atoms with Crippen LogP contribution < -0.4 is 10.4 Å². The molecule has 0 bridgehead atoms. The van der Waals surface area contributed by atoms with Gasteiger partial charge in [0.25, 0.3) is 29.3 Å². The van der Waals surface area contributed by atoms with Gasteiger partial charge in [-0.3, -0.25) is 28.9 Å². The standard InChI is InChI=1S/C24H19N3.C18H12N2O4.C15H29NO3/c1-5-15(2)17-10-11-20-21(12-17)24(22(14-26)27-4)19-9-7-6-8-18(19)23(20)16(3)13-25;1-8(2)20-17(23)11-6-4-9-13-10(16(22)19(3)15(9)21)5-7-12(14(11)13)18(20)24;1-8-13(2,3)12(17)19-11-9-14(4,5)16(18)15(6,7)10-11/h6-12,15H,5H2,1-3H3;4-7H,1H2,2-3H3;11,18H,8-10H2,1-7H3/b23-16+,24-22+;;. The Morgan fingerprint density at radius 1 is 0.814 bits per heavy atom. The molecule has 1 N–H and O–H groups in total. The molecule has 13 heteroatoms. The summed E-state index contributed by atoms with van der Waals surface area (Å²) in [6, 6.07) is 24.4. The van der Waals surface area contributed by atoms with Gasteiger partial charge < -0.3 is 9.94 Å². The molecule has 5 aromatic carbocycles. The molecule has 8 rings (SSSR count). The van der Waals surface area contributed by atoms with E-state index in [4.69, 9.17) is 11.3 Å². The smallest absolute Gasteiger partial charge is 0.311 e. The van der Waals surface area contributed by atoms with E-state index in [1.807, 2.05) is 85.7 Å². The normalized spacial score (nSPS) is 17.6. The number of rotatable bonds is 6. The predicted molar refractivity (Wildman–Crippen MR) is 270 cm³/mol. The molecule has 3 heterocycles. The summed E-state index contributed by atoms with van der Waals surface area (Å²) < 4.78 is 5.69. The second-order valence-corrected chi connectivity index (χ2v) is 20.3. The van der Waals surface area contributed by atoms with Crippen LogP contribution in [-0.4, -0.2) is 73.9 Å². The lowest BCUT2D eigenvalue weighted by atomic mass is 9.80. The topological polar surface area (TPSA) is 176 Å². The van der Waals surface area contributed by atoms with Gasteiger partial charge in [0.05, 0.1) is 24.1 Å². The van der Waals surface area contributed by atoms with Gasteiger partial charge in [-0.15, -0.1) is 0 Å². The summed E-state index contributed by atoms with van der Waals surface area (Å²) in [5.74, 6) is -1.66. The van der Waals surface area contributed by atoms with Crippen LogP contribution in [0.25, 0.3) is 48.4 Å². The number of esters is 1. The van der Waals surface area contributed by atoms with Gasteiger partial charge in [0, 0.05) is 85.7 Å². The van der Waals surface area contributed by atoms with Crippen molar-refractivity contribution in [3.63, 3.8) is 0 Å². The van der Waals surface area contributed by atoms with Crippen molar-refractivity contribution < 1.29 is 33.9 Å². The van der Waals surface area contributed by atoms with E-state index in [1.54, 1.807) is 6.92 Å². The van der Waals surface area contributed by atoms with Gasteiger partial charge in [0.1, 0.15) is 6.10 Å². The van der Waals surface area contributed by atoms with E-state index in [2.05, 4.69) is 49.5 Å². The molecule has 0 saturated carbocycles. The maximum atomic E-state index is 12.7. The Morgan fingerprint density at radius 3 is 1.71 bits per heavy atom. The van der Waals surface area contributed by atoms with Crippen molar-refractivity contribution in [3.05, 3.63) is 129 Å². The molecule has 1 atom stereocenters. The maximum Gasteiger partial charge on any atom is 0.311 e. The molecule has 3 aliphatic heterocycles. The van der Waals surface area contributed by atoms with Crippen LogP contribution in [0.1, 0.15) is 155 Å². The number of hydrogen-bond acceptors (Lipinski definition) is 10. The van der Waals surface area contributed by atoms with E-state index in [0.717, 1.165) is 49.4 Å². The van der Waals surface area contributed by atoms with Crippen molar-refractivity contribution in [1.82, 2.24) is 14.9 Å². The van der Waals surface area contributed by atoms with Crippen molar-refractivity contribution in [2.45, 2.75) is 125 Å². The number of hydrogen-bond donors (Lipinski definition) is 1. The fourth-order valence-corrected chi connectivity index (χ4v) is 9.65. The SMILES string of the molecule is C=C(C)N1C(=O)c2ccc3c4c(ccc(c24)C1=O)C(=O)N(C)C3=O.CCC(C)(C)C(=O)OC1CC(C)(C)N(O)C(C)(C)C1.[C-]#[N+]/C(C#N)=c1\c2ccccc2/c(=C(/C)C#N)c2ccc(C(C)CC)cc12. The third-order valence-electron chi connectivity index (χ3n) is 14.0. The number of hydroxylamine groups is 2. The van der Waals surface area contributed by atoms with Gasteiger partial charge in [-0.05, 0) is 126 Å². The van der Waals surface area contributed by atoms with E-state index >= 15 is 0 Å². The lowest BCUT2D eigenvalue weighted by Crippen LogP contribution is -2.61. The summed E-state index contributed by atoms with van der Waals surface area (Å²) in [6.45, 7) is 32.6.